The normalized spacial score (nSPS) is 40.8. The molecule has 2 heteroatoms. The van der Waals surface area contributed by atoms with Gasteiger partial charge in [0.1, 0.15) is 0 Å². The van der Waals surface area contributed by atoms with Gasteiger partial charge in [-0.25, -0.2) is 0 Å². The Bertz CT molecular complexity index is 162. The first-order valence-electron chi connectivity index (χ1n) is 2.85. The number of hydrogen-bond acceptors (Lipinski definition) is 1. The summed E-state index contributed by atoms with van der Waals surface area (Å²) in [5.74, 6) is 0.579. The molecule has 1 fully saturated rings. The van der Waals surface area contributed by atoms with Crippen LogP contribution in [0.2, 0.25) is 0 Å². The molecule has 2 atom stereocenters. The van der Waals surface area contributed by atoms with Crippen molar-refractivity contribution in [2.45, 2.75) is 12.5 Å². The molecule has 1 aliphatic heterocycles. The van der Waals surface area contributed by atoms with Crippen LogP contribution in [0.5, 0.6) is 0 Å². The highest BCUT2D eigenvalue weighted by molar-refractivity contribution is 7.80. The van der Waals surface area contributed by atoms with Gasteiger partial charge in [-0.3, -0.25) is 0 Å². The van der Waals surface area contributed by atoms with Crippen molar-refractivity contribution in [1.29, 1.82) is 0 Å². The van der Waals surface area contributed by atoms with Gasteiger partial charge in [0, 0.05) is 12.0 Å². The van der Waals surface area contributed by atoms with E-state index in [1.165, 1.54) is 6.42 Å². The molecule has 0 aromatic rings. The monoisotopic (exact) mass is 125 g/mol. The molecule has 0 spiro atoms. The van der Waals surface area contributed by atoms with Crippen LogP contribution in [0.3, 0.4) is 0 Å². The number of hydrogen-bond donors (Lipinski definition) is 1. The van der Waals surface area contributed by atoms with E-state index in [-0.39, 0.29) is 0 Å². The van der Waals surface area contributed by atoms with E-state index >= 15 is 0 Å². The third kappa shape index (κ3) is 0.436. The van der Waals surface area contributed by atoms with Gasteiger partial charge in [-0.2, -0.15) is 0 Å². The van der Waals surface area contributed by atoms with E-state index < -0.39 is 0 Å². The summed E-state index contributed by atoms with van der Waals surface area (Å²) in [6.45, 7) is 0. The first-order chi connectivity index (χ1) is 3.86. The zero-order chi connectivity index (χ0) is 5.56. The molecule has 1 N–H and O–H groups in total. The van der Waals surface area contributed by atoms with Gasteiger partial charge < -0.3 is 5.32 Å². The number of fused-ring (bicyclic) bond motifs is 2. The van der Waals surface area contributed by atoms with Gasteiger partial charge in [0.2, 0.25) is 0 Å². The van der Waals surface area contributed by atoms with Crippen LogP contribution in [-0.4, -0.2) is 11.0 Å². The Kier molecular flexibility index (Phi) is 0.742. The van der Waals surface area contributed by atoms with Gasteiger partial charge in [0.05, 0.1) is 4.99 Å². The number of rotatable bonds is 0. The van der Waals surface area contributed by atoms with E-state index in [2.05, 4.69) is 17.5 Å². The molecule has 2 unspecified atom stereocenters. The van der Waals surface area contributed by atoms with Gasteiger partial charge in [-0.1, -0.05) is 24.4 Å². The fraction of sp³-hybridized carbons (Fsp3) is 0.500. The lowest BCUT2D eigenvalue weighted by molar-refractivity contribution is 0.755. The Balaban J connectivity index is 2.35. The molecule has 0 radical (unpaired) electrons. The first kappa shape index (κ1) is 4.50. The van der Waals surface area contributed by atoms with Crippen LogP contribution in [0.25, 0.3) is 0 Å². The van der Waals surface area contributed by atoms with Crippen molar-refractivity contribution in [2.24, 2.45) is 5.92 Å². The average molecular weight is 125 g/mol. The smallest absolute Gasteiger partial charge is 0.0828 e. The summed E-state index contributed by atoms with van der Waals surface area (Å²) in [5, 5.41) is 3.20. The second-order valence-corrected chi connectivity index (χ2v) is 2.78. The topological polar surface area (TPSA) is 12.0 Å². The minimum absolute atomic E-state index is 0.576. The van der Waals surface area contributed by atoms with E-state index in [0.717, 1.165) is 4.99 Å². The Labute approximate surface area is 53.8 Å². The minimum atomic E-state index is 0.576. The van der Waals surface area contributed by atoms with Crippen LogP contribution in [0.15, 0.2) is 12.2 Å². The van der Waals surface area contributed by atoms with Crippen molar-refractivity contribution in [2.75, 3.05) is 0 Å². The standard InChI is InChI=1S/C6H7NS/c8-6-4-1-2-5(3-4)7-6/h1-2,4-5H,3H2,(H,7,8). The maximum absolute atomic E-state index is 5.01. The molecule has 2 aliphatic rings. The van der Waals surface area contributed by atoms with E-state index in [4.69, 9.17) is 12.2 Å². The highest BCUT2D eigenvalue weighted by Gasteiger charge is 2.29. The van der Waals surface area contributed by atoms with Gasteiger partial charge in [-0.15, -0.1) is 0 Å². The molecule has 8 heavy (non-hydrogen) atoms. The van der Waals surface area contributed by atoms with Crippen molar-refractivity contribution in [3.05, 3.63) is 12.2 Å². The second-order valence-electron chi connectivity index (χ2n) is 2.34. The largest absolute Gasteiger partial charge is 0.373 e. The summed E-state index contributed by atoms with van der Waals surface area (Å²) in [6.07, 6.45) is 5.60. The predicted molar refractivity (Wildman–Crippen MR) is 36.8 cm³/mol. The summed E-state index contributed by atoms with van der Waals surface area (Å²) in [6, 6.07) is 0.576. The van der Waals surface area contributed by atoms with E-state index in [0.29, 0.717) is 12.0 Å². The SMILES string of the molecule is S=C1NC2C=CC1C2. The van der Waals surface area contributed by atoms with Crippen LogP contribution in [0.1, 0.15) is 6.42 Å². The van der Waals surface area contributed by atoms with Gasteiger partial charge in [0.15, 0.2) is 0 Å². The molecule has 1 aliphatic carbocycles. The Morgan fingerprint density at radius 1 is 1.62 bits per heavy atom. The van der Waals surface area contributed by atoms with Gasteiger partial charge in [0.25, 0.3) is 0 Å². The fourth-order valence-electron chi connectivity index (χ4n) is 1.29. The van der Waals surface area contributed by atoms with Gasteiger partial charge in [-0.05, 0) is 6.42 Å². The first-order valence-corrected chi connectivity index (χ1v) is 3.26. The highest BCUT2D eigenvalue weighted by atomic mass is 32.1. The summed E-state index contributed by atoms with van der Waals surface area (Å²) >= 11 is 5.01. The fourth-order valence-corrected chi connectivity index (χ4v) is 1.62. The number of thiocarbonyl (C=S) groups is 1. The van der Waals surface area contributed by atoms with Crippen LogP contribution >= 0.6 is 12.2 Å². The summed E-state index contributed by atoms with van der Waals surface area (Å²) in [5.41, 5.74) is 0. The van der Waals surface area contributed by atoms with E-state index in [9.17, 15) is 0 Å². The van der Waals surface area contributed by atoms with Crippen molar-refractivity contribution >= 4 is 17.2 Å². The summed E-state index contributed by atoms with van der Waals surface area (Å²) < 4.78 is 0. The molecule has 1 heterocycles. The van der Waals surface area contributed by atoms with Crippen molar-refractivity contribution in [3.63, 3.8) is 0 Å². The molecule has 1 nitrogen and oxygen atoms in total. The molecule has 0 aromatic heterocycles. The molecule has 42 valence electrons. The average Bonchev–Trinajstić information content (AvgIpc) is 2.23. The van der Waals surface area contributed by atoms with Crippen molar-refractivity contribution in [1.82, 2.24) is 5.32 Å². The lowest BCUT2D eigenvalue weighted by Gasteiger charge is -2.05. The molecule has 2 bridgehead atoms. The lowest BCUT2D eigenvalue weighted by Crippen LogP contribution is -2.25. The number of nitrogens with one attached hydrogen (secondary N) is 1. The maximum Gasteiger partial charge on any atom is 0.0828 e. The third-order valence-electron chi connectivity index (χ3n) is 1.75. The van der Waals surface area contributed by atoms with Crippen LogP contribution in [-0.2, 0) is 0 Å². The Hall–Kier alpha value is -0.370. The van der Waals surface area contributed by atoms with Crippen molar-refractivity contribution < 1.29 is 0 Å². The van der Waals surface area contributed by atoms with Crippen LogP contribution in [0, 0.1) is 5.92 Å². The maximum atomic E-state index is 5.01. The molecule has 2 rings (SSSR count). The Morgan fingerprint density at radius 2 is 2.50 bits per heavy atom. The second kappa shape index (κ2) is 1.32. The lowest BCUT2D eigenvalue weighted by atomic mass is 10.2. The van der Waals surface area contributed by atoms with Crippen molar-refractivity contribution in [3.8, 4) is 0 Å². The summed E-state index contributed by atoms with van der Waals surface area (Å²) in [7, 11) is 0. The predicted octanol–water partition coefficient (Wildman–Crippen LogP) is 0.862. The molecular weight excluding hydrogens is 118 g/mol. The van der Waals surface area contributed by atoms with Gasteiger partial charge >= 0.3 is 0 Å². The highest BCUT2D eigenvalue weighted by Crippen LogP contribution is 2.25. The molecule has 1 saturated heterocycles. The van der Waals surface area contributed by atoms with Crippen LogP contribution < -0.4 is 5.32 Å². The minimum Gasteiger partial charge on any atom is -0.373 e. The van der Waals surface area contributed by atoms with E-state index in [1.54, 1.807) is 0 Å². The quantitative estimate of drug-likeness (QED) is 0.380. The molecule has 0 aromatic carbocycles. The molecule has 0 saturated carbocycles. The zero-order valence-corrected chi connectivity index (χ0v) is 5.24. The third-order valence-corrected chi connectivity index (χ3v) is 2.17. The van der Waals surface area contributed by atoms with Crippen LogP contribution in [0.4, 0.5) is 0 Å². The molecular formula is C6H7NS. The summed E-state index contributed by atoms with van der Waals surface area (Å²) in [4.78, 5) is 1.04. The molecule has 0 amide bonds. The zero-order valence-electron chi connectivity index (χ0n) is 4.42. The Morgan fingerprint density at radius 3 is 2.75 bits per heavy atom. The van der Waals surface area contributed by atoms with E-state index in [1.807, 2.05) is 0 Å².